The number of hydrogen-bond donors (Lipinski definition) is 1. The van der Waals surface area contributed by atoms with Gasteiger partial charge in [-0.2, -0.15) is 0 Å². The van der Waals surface area contributed by atoms with E-state index in [9.17, 15) is 13.2 Å². The van der Waals surface area contributed by atoms with E-state index in [0.29, 0.717) is 10.8 Å². The smallest absolute Gasteiger partial charge is 0.238 e. The number of nitrogens with two attached hydrogens (primary N) is 1. The number of sulfonamides is 1. The van der Waals surface area contributed by atoms with E-state index < -0.39 is 10.0 Å². The molecule has 1 spiro atoms. The number of primary sulfonamides is 1. The van der Waals surface area contributed by atoms with Gasteiger partial charge in [-0.25, -0.2) is 13.6 Å². The molecule has 0 radical (unpaired) electrons. The lowest BCUT2D eigenvalue weighted by molar-refractivity contribution is -0.120. The lowest BCUT2D eigenvalue weighted by Crippen LogP contribution is -2.16. The van der Waals surface area contributed by atoms with Gasteiger partial charge < -0.3 is 4.74 Å². The van der Waals surface area contributed by atoms with E-state index in [1.165, 1.54) is 6.42 Å². The Labute approximate surface area is 182 Å². The van der Waals surface area contributed by atoms with Crippen molar-refractivity contribution in [2.24, 2.45) is 16.5 Å². The van der Waals surface area contributed by atoms with Gasteiger partial charge in [-0.15, -0.1) is 0 Å². The third kappa shape index (κ3) is 3.88. The average molecular weight is 448 g/mol. The molecule has 0 saturated heterocycles. The Balaban J connectivity index is 1.62. The van der Waals surface area contributed by atoms with Crippen LogP contribution in [-0.2, 0) is 21.2 Å². The number of Topliss-reactive ketones (excluding diaryl/α,β-unsaturated/α-hetero) is 1. The number of halogens is 1. The number of rotatable bonds is 6. The largest absolute Gasteiger partial charge is 0.496 e. The van der Waals surface area contributed by atoms with Crippen molar-refractivity contribution in [3.63, 3.8) is 0 Å². The minimum Gasteiger partial charge on any atom is -0.496 e. The first-order valence-corrected chi connectivity index (χ1v) is 12.2. The van der Waals surface area contributed by atoms with Crippen molar-refractivity contribution in [2.75, 3.05) is 7.11 Å². The molecule has 0 unspecified atom stereocenters. The molecule has 0 bridgehead atoms. The van der Waals surface area contributed by atoms with Crippen molar-refractivity contribution >= 4 is 27.4 Å². The number of ether oxygens (including phenoxy) is 1. The first-order valence-electron chi connectivity index (χ1n) is 10.2. The molecule has 5 nitrogen and oxygen atoms in total. The predicted molar refractivity (Wildman–Crippen MR) is 116 cm³/mol. The van der Waals surface area contributed by atoms with Gasteiger partial charge in [0, 0.05) is 28.8 Å². The lowest BCUT2D eigenvalue weighted by Gasteiger charge is -2.23. The Morgan fingerprint density at radius 1 is 1.13 bits per heavy atom. The summed E-state index contributed by atoms with van der Waals surface area (Å²) in [6, 6.07) is 12.1. The van der Waals surface area contributed by atoms with Crippen LogP contribution in [0.1, 0.15) is 49.1 Å². The number of methoxy groups -OCH3 is 1. The molecule has 2 N–H and O–H groups in total. The number of hydrogen-bond acceptors (Lipinski definition) is 4. The fourth-order valence-electron chi connectivity index (χ4n) is 5.40. The van der Waals surface area contributed by atoms with Gasteiger partial charge in [0.2, 0.25) is 10.0 Å². The van der Waals surface area contributed by atoms with Gasteiger partial charge in [-0.1, -0.05) is 43.0 Å². The summed E-state index contributed by atoms with van der Waals surface area (Å²) in [5.41, 5.74) is 1.79. The third-order valence-electron chi connectivity index (χ3n) is 6.77. The minimum atomic E-state index is -3.73. The van der Waals surface area contributed by atoms with Crippen molar-refractivity contribution in [1.82, 2.24) is 0 Å². The molecule has 160 valence electrons. The van der Waals surface area contributed by atoms with Crippen molar-refractivity contribution in [3.05, 3.63) is 58.6 Å². The quantitative estimate of drug-likeness (QED) is 0.707. The maximum atomic E-state index is 13.4. The molecule has 2 aromatic rings. The molecule has 0 aliphatic heterocycles. The zero-order valence-corrected chi connectivity index (χ0v) is 18.5. The summed E-state index contributed by atoms with van der Waals surface area (Å²) in [7, 11) is -2.14. The highest BCUT2D eigenvalue weighted by atomic mass is 35.5. The number of benzene rings is 2. The van der Waals surface area contributed by atoms with Gasteiger partial charge in [0.05, 0.1) is 12.0 Å². The standard InChI is InChI=1S/C23H26ClNO4S/c1-29-20-10-7-17(24)13-16(20)14-19(26)22-21(23(22)11-3-2-4-12-23)15-5-8-18(9-6-15)30(25,27)28/h5-10,13,21-22H,2-4,11-12,14H2,1H3,(H2,25,27,28)/t21-,22-/m1/s1. The minimum absolute atomic E-state index is 0.0236. The Morgan fingerprint density at radius 3 is 2.40 bits per heavy atom. The molecule has 2 aliphatic carbocycles. The van der Waals surface area contributed by atoms with E-state index in [0.717, 1.165) is 36.8 Å². The van der Waals surface area contributed by atoms with Gasteiger partial charge >= 0.3 is 0 Å². The van der Waals surface area contributed by atoms with Crippen LogP contribution >= 0.6 is 11.6 Å². The number of carbonyl (C=O) groups excluding carboxylic acids is 1. The Hall–Kier alpha value is -1.89. The van der Waals surface area contributed by atoms with Gasteiger partial charge in [0.15, 0.2) is 0 Å². The molecule has 4 rings (SSSR count). The summed E-state index contributed by atoms with van der Waals surface area (Å²) in [5, 5.41) is 5.81. The van der Waals surface area contributed by atoms with E-state index in [4.69, 9.17) is 21.5 Å². The monoisotopic (exact) mass is 447 g/mol. The molecule has 0 amide bonds. The number of carbonyl (C=O) groups is 1. The van der Waals surface area contributed by atoms with Crippen LogP contribution in [0.5, 0.6) is 5.75 Å². The van der Waals surface area contributed by atoms with Crippen LogP contribution in [0, 0.1) is 11.3 Å². The molecular formula is C23H26ClNO4S. The normalized spacial score (nSPS) is 22.6. The molecule has 2 atom stereocenters. The van der Waals surface area contributed by atoms with Gasteiger partial charge in [0.25, 0.3) is 0 Å². The SMILES string of the molecule is COc1ccc(Cl)cc1CC(=O)[C@@H]1[C@@H](c2ccc(S(N)(=O)=O)cc2)C12CCCCC2. The fourth-order valence-corrected chi connectivity index (χ4v) is 6.11. The van der Waals surface area contributed by atoms with Crippen LogP contribution in [0.25, 0.3) is 0 Å². The van der Waals surface area contributed by atoms with Gasteiger partial charge in [0.1, 0.15) is 11.5 Å². The maximum Gasteiger partial charge on any atom is 0.238 e. The summed E-state index contributed by atoms with van der Waals surface area (Å²) < 4.78 is 28.6. The summed E-state index contributed by atoms with van der Waals surface area (Å²) in [6.45, 7) is 0. The van der Waals surface area contributed by atoms with Crippen molar-refractivity contribution in [1.29, 1.82) is 0 Å². The van der Waals surface area contributed by atoms with E-state index in [1.54, 1.807) is 37.4 Å². The van der Waals surface area contributed by atoms with E-state index in [-0.39, 0.29) is 34.4 Å². The van der Waals surface area contributed by atoms with E-state index in [1.807, 2.05) is 12.1 Å². The van der Waals surface area contributed by atoms with Crippen LogP contribution in [0.2, 0.25) is 5.02 Å². The van der Waals surface area contributed by atoms with Crippen LogP contribution in [0.3, 0.4) is 0 Å². The van der Waals surface area contributed by atoms with Gasteiger partial charge in [-0.3, -0.25) is 4.79 Å². The summed E-state index contributed by atoms with van der Waals surface area (Å²) in [6.07, 6.45) is 5.77. The van der Waals surface area contributed by atoms with E-state index in [2.05, 4.69) is 0 Å². The average Bonchev–Trinajstić information content (AvgIpc) is 3.35. The maximum absolute atomic E-state index is 13.4. The molecular weight excluding hydrogens is 422 g/mol. The van der Waals surface area contributed by atoms with Crippen molar-refractivity contribution < 1.29 is 17.9 Å². The summed E-state index contributed by atoms with van der Waals surface area (Å²) in [4.78, 5) is 13.5. The second-order valence-corrected chi connectivity index (χ2v) is 10.5. The van der Waals surface area contributed by atoms with Crippen LogP contribution in [0.15, 0.2) is 47.4 Å². The first kappa shape index (κ1) is 21.3. The van der Waals surface area contributed by atoms with E-state index >= 15 is 0 Å². The van der Waals surface area contributed by atoms with Crippen LogP contribution < -0.4 is 9.88 Å². The highest BCUT2D eigenvalue weighted by Crippen LogP contribution is 2.71. The van der Waals surface area contributed by atoms with Crippen molar-refractivity contribution in [3.8, 4) is 5.75 Å². The Bertz CT molecular complexity index is 1060. The molecule has 2 saturated carbocycles. The van der Waals surface area contributed by atoms with Crippen LogP contribution in [-0.4, -0.2) is 21.3 Å². The van der Waals surface area contributed by atoms with Crippen LogP contribution in [0.4, 0.5) is 0 Å². The summed E-state index contributed by atoms with van der Waals surface area (Å²) in [5.74, 6) is 0.907. The topological polar surface area (TPSA) is 86.5 Å². The highest BCUT2D eigenvalue weighted by Gasteiger charge is 2.66. The molecule has 0 aromatic heterocycles. The molecule has 30 heavy (non-hydrogen) atoms. The third-order valence-corrected chi connectivity index (χ3v) is 7.93. The zero-order chi connectivity index (χ0) is 21.5. The highest BCUT2D eigenvalue weighted by molar-refractivity contribution is 7.89. The lowest BCUT2D eigenvalue weighted by atomic mass is 9.81. The molecule has 2 aromatic carbocycles. The Morgan fingerprint density at radius 2 is 1.80 bits per heavy atom. The van der Waals surface area contributed by atoms with Gasteiger partial charge in [-0.05, 0) is 54.2 Å². The molecule has 0 heterocycles. The second kappa shape index (κ2) is 7.98. The predicted octanol–water partition coefficient (Wildman–Crippen LogP) is 4.47. The second-order valence-electron chi connectivity index (χ2n) is 8.46. The fraction of sp³-hybridized carbons (Fsp3) is 0.435. The summed E-state index contributed by atoms with van der Waals surface area (Å²) >= 11 is 6.14. The Kier molecular flexibility index (Phi) is 5.68. The molecule has 2 fully saturated rings. The molecule has 7 heteroatoms. The molecule has 2 aliphatic rings. The first-order chi connectivity index (χ1) is 14.3. The number of ketones is 1. The zero-order valence-electron chi connectivity index (χ0n) is 16.9. The van der Waals surface area contributed by atoms with Crippen molar-refractivity contribution in [2.45, 2.75) is 49.3 Å².